The number of rotatable bonds is 6. The molecule has 122 valence electrons. The Labute approximate surface area is 134 Å². The van der Waals surface area contributed by atoms with Gasteiger partial charge in [0, 0.05) is 13.2 Å². The highest BCUT2D eigenvalue weighted by Gasteiger charge is 2.19. The second kappa shape index (κ2) is 8.26. The normalized spacial score (nSPS) is 18.2. The standard InChI is InChI=1S/C15H22N2O4S/c1-17(9-11-5-3-4-7-21-11)10-13(18)16-12-6-8-22-14(12)15(19)20-2/h6,8,11H,3-5,7,9-10H2,1-2H3,(H,16,18). The first-order valence-electron chi connectivity index (χ1n) is 7.36. The number of nitrogens with zero attached hydrogens (tertiary/aromatic N) is 1. The Kier molecular flexibility index (Phi) is 6.35. The molecule has 1 unspecified atom stereocenters. The van der Waals surface area contributed by atoms with E-state index >= 15 is 0 Å². The first-order valence-corrected chi connectivity index (χ1v) is 8.24. The van der Waals surface area contributed by atoms with Gasteiger partial charge >= 0.3 is 5.97 Å². The number of carbonyl (C=O) groups is 2. The van der Waals surface area contributed by atoms with Crippen LogP contribution < -0.4 is 5.32 Å². The van der Waals surface area contributed by atoms with Gasteiger partial charge in [-0.1, -0.05) is 0 Å². The SMILES string of the molecule is COC(=O)c1sccc1NC(=O)CN(C)CC1CCCCO1. The van der Waals surface area contributed by atoms with Crippen LogP contribution in [0.4, 0.5) is 5.69 Å². The maximum Gasteiger partial charge on any atom is 0.350 e. The molecule has 1 aromatic heterocycles. The summed E-state index contributed by atoms with van der Waals surface area (Å²) in [5.74, 6) is -0.587. The number of carbonyl (C=O) groups excluding carboxylic acids is 2. The third-order valence-corrected chi connectivity index (χ3v) is 4.41. The minimum Gasteiger partial charge on any atom is -0.465 e. The molecule has 1 aromatic rings. The molecule has 1 amide bonds. The number of likely N-dealkylation sites (N-methyl/N-ethyl adjacent to an activating group) is 1. The Balaban J connectivity index is 1.82. The lowest BCUT2D eigenvalue weighted by atomic mass is 10.1. The Morgan fingerprint density at radius 3 is 3.00 bits per heavy atom. The number of methoxy groups -OCH3 is 1. The number of hydrogen-bond acceptors (Lipinski definition) is 6. The van der Waals surface area contributed by atoms with Crippen molar-refractivity contribution in [2.45, 2.75) is 25.4 Å². The average Bonchev–Trinajstić information content (AvgIpc) is 2.95. The second-order valence-electron chi connectivity index (χ2n) is 5.39. The Morgan fingerprint density at radius 2 is 2.32 bits per heavy atom. The van der Waals surface area contributed by atoms with E-state index in [4.69, 9.17) is 9.47 Å². The first-order chi connectivity index (χ1) is 10.6. The van der Waals surface area contributed by atoms with Gasteiger partial charge in [0.2, 0.25) is 5.91 Å². The van der Waals surface area contributed by atoms with E-state index in [9.17, 15) is 9.59 Å². The maximum absolute atomic E-state index is 12.1. The summed E-state index contributed by atoms with van der Waals surface area (Å²) in [6.07, 6.45) is 3.55. The van der Waals surface area contributed by atoms with E-state index in [1.54, 1.807) is 11.4 Å². The van der Waals surface area contributed by atoms with E-state index in [1.165, 1.54) is 24.9 Å². The lowest BCUT2D eigenvalue weighted by molar-refractivity contribution is -0.117. The molecule has 22 heavy (non-hydrogen) atoms. The highest BCUT2D eigenvalue weighted by Crippen LogP contribution is 2.23. The van der Waals surface area contributed by atoms with Gasteiger partial charge in [-0.25, -0.2) is 4.79 Å². The summed E-state index contributed by atoms with van der Waals surface area (Å²) in [4.78, 5) is 26.0. The van der Waals surface area contributed by atoms with Crippen molar-refractivity contribution in [2.24, 2.45) is 0 Å². The van der Waals surface area contributed by atoms with Gasteiger partial charge in [-0.2, -0.15) is 0 Å². The Hall–Kier alpha value is -1.44. The van der Waals surface area contributed by atoms with Gasteiger partial charge in [0.1, 0.15) is 4.88 Å². The molecule has 7 heteroatoms. The zero-order valence-electron chi connectivity index (χ0n) is 13.0. The van der Waals surface area contributed by atoms with Crippen LogP contribution in [0.2, 0.25) is 0 Å². The van der Waals surface area contributed by atoms with E-state index in [0.717, 1.165) is 26.0 Å². The molecule has 1 saturated heterocycles. The number of nitrogens with one attached hydrogen (secondary N) is 1. The van der Waals surface area contributed by atoms with Crippen LogP contribution in [-0.4, -0.2) is 56.7 Å². The fourth-order valence-electron chi connectivity index (χ4n) is 2.46. The number of thiophene rings is 1. The summed E-state index contributed by atoms with van der Waals surface area (Å²) in [6.45, 7) is 1.80. The molecule has 1 N–H and O–H groups in total. The average molecular weight is 326 g/mol. The zero-order valence-corrected chi connectivity index (χ0v) is 13.8. The first kappa shape index (κ1) is 16.9. The molecule has 0 radical (unpaired) electrons. The topological polar surface area (TPSA) is 67.9 Å². The van der Waals surface area contributed by atoms with Crippen LogP contribution in [0.1, 0.15) is 28.9 Å². The van der Waals surface area contributed by atoms with Crippen molar-refractivity contribution in [1.29, 1.82) is 0 Å². The van der Waals surface area contributed by atoms with Gasteiger partial charge in [-0.05, 0) is 37.8 Å². The van der Waals surface area contributed by atoms with Crippen LogP contribution in [0.3, 0.4) is 0 Å². The highest BCUT2D eigenvalue weighted by atomic mass is 32.1. The molecule has 2 heterocycles. The van der Waals surface area contributed by atoms with Crippen molar-refractivity contribution in [1.82, 2.24) is 4.90 Å². The van der Waals surface area contributed by atoms with Crippen LogP contribution in [0.25, 0.3) is 0 Å². The lowest BCUT2D eigenvalue weighted by Gasteiger charge is -2.27. The summed E-state index contributed by atoms with van der Waals surface area (Å²) in [7, 11) is 3.22. The molecule has 0 bridgehead atoms. The Morgan fingerprint density at radius 1 is 1.50 bits per heavy atom. The van der Waals surface area contributed by atoms with Gasteiger partial charge in [-0.3, -0.25) is 9.69 Å². The van der Waals surface area contributed by atoms with Crippen molar-refractivity contribution < 1.29 is 19.1 Å². The fraction of sp³-hybridized carbons (Fsp3) is 0.600. The number of ether oxygens (including phenoxy) is 2. The molecule has 1 fully saturated rings. The molecule has 6 nitrogen and oxygen atoms in total. The van der Waals surface area contributed by atoms with Crippen molar-refractivity contribution in [3.8, 4) is 0 Å². The number of hydrogen-bond donors (Lipinski definition) is 1. The predicted molar refractivity (Wildman–Crippen MR) is 85.4 cm³/mol. The summed E-state index contributed by atoms with van der Waals surface area (Å²) in [5, 5.41) is 4.51. The van der Waals surface area contributed by atoms with Gasteiger partial charge in [0.05, 0.1) is 25.4 Å². The Bertz CT molecular complexity index is 511. The van der Waals surface area contributed by atoms with Crippen molar-refractivity contribution in [3.05, 3.63) is 16.3 Å². The zero-order chi connectivity index (χ0) is 15.9. The van der Waals surface area contributed by atoms with Crippen LogP contribution in [0, 0.1) is 0 Å². The molecular weight excluding hydrogens is 304 g/mol. The third-order valence-electron chi connectivity index (χ3n) is 3.51. The second-order valence-corrected chi connectivity index (χ2v) is 6.30. The van der Waals surface area contributed by atoms with E-state index in [0.29, 0.717) is 10.6 Å². The van der Waals surface area contributed by atoms with E-state index < -0.39 is 5.97 Å². The van der Waals surface area contributed by atoms with Crippen molar-refractivity contribution in [3.63, 3.8) is 0 Å². The molecule has 0 aromatic carbocycles. The number of amides is 1. The van der Waals surface area contributed by atoms with Crippen LogP contribution in [0.5, 0.6) is 0 Å². The molecule has 0 saturated carbocycles. The largest absolute Gasteiger partial charge is 0.465 e. The van der Waals surface area contributed by atoms with E-state index in [-0.39, 0.29) is 18.6 Å². The van der Waals surface area contributed by atoms with Crippen LogP contribution >= 0.6 is 11.3 Å². The minimum absolute atomic E-state index is 0.151. The summed E-state index contributed by atoms with van der Waals surface area (Å²) < 4.78 is 10.4. The quantitative estimate of drug-likeness (QED) is 0.810. The van der Waals surface area contributed by atoms with Gasteiger partial charge in [-0.15, -0.1) is 11.3 Å². The molecule has 0 spiro atoms. The minimum atomic E-state index is -0.436. The molecule has 1 atom stereocenters. The molecular formula is C15H22N2O4S. The van der Waals surface area contributed by atoms with Gasteiger partial charge in [0.25, 0.3) is 0 Å². The predicted octanol–water partition coefficient (Wildman–Crippen LogP) is 1.97. The highest BCUT2D eigenvalue weighted by molar-refractivity contribution is 7.12. The van der Waals surface area contributed by atoms with Crippen molar-refractivity contribution in [2.75, 3.05) is 39.2 Å². The molecule has 0 aliphatic carbocycles. The van der Waals surface area contributed by atoms with Gasteiger partial charge < -0.3 is 14.8 Å². The van der Waals surface area contributed by atoms with Crippen LogP contribution in [0.15, 0.2) is 11.4 Å². The van der Waals surface area contributed by atoms with E-state index in [2.05, 4.69) is 5.32 Å². The third kappa shape index (κ3) is 4.79. The smallest absolute Gasteiger partial charge is 0.350 e. The van der Waals surface area contributed by atoms with E-state index in [1.807, 2.05) is 11.9 Å². The summed E-state index contributed by atoms with van der Waals surface area (Å²) >= 11 is 1.25. The molecule has 1 aliphatic rings. The number of anilines is 1. The molecule has 2 rings (SSSR count). The number of esters is 1. The fourth-order valence-corrected chi connectivity index (χ4v) is 3.22. The van der Waals surface area contributed by atoms with Crippen molar-refractivity contribution >= 4 is 28.9 Å². The van der Waals surface area contributed by atoms with Gasteiger partial charge in [0.15, 0.2) is 0 Å². The summed E-state index contributed by atoms with van der Waals surface area (Å²) in [5.41, 5.74) is 0.504. The summed E-state index contributed by atoms with van der Waals surface area (Å²) in [6, 6.07) is 1.71. The van der Waals surface area contributed by atoms with Crippen LogP contribution in [-0.2, 0) is 14.3 Å². The monoisotopic (exact) mass is 326 g/mol. The molecule has 1 aliphatic heterocycles. The maximum atomic E-state index is 12.1. The lowest BCUT2D eigenvalue weighted by Crippen LogP contribution is -2.38.